The summed E-state index contributed by atoms with van der Waals surface area (Å²) in [6, 6.07) is 13.3. The van der Waals surface area contributed by atoms with E-state index < -0.39 is 6.04 Å². The molecule has 1 fully saturated rings. The molecule has 5 heteroatoms. The van der Waals surface area contributed by atoms with Crippen molar-refractivity contribution in [2.45, 2.75) is 33.2 Å². The Balaban J connectivity index is 1.62. The van der Waals surface area contributed by atoms with Crippen LogP contribution in [0.1, 0.15) is 33.5 Å². The molecule has 1 aliphatic rings. The maximum absolute atomic E-state index is 12.4. The van der Waals surface area contributed by atoms with E-state index in [0.29, 0.717) is 18.5 Å². The Morgan fingerprint density at radius 3 is 2.50 bits per heavy atom. The summed E-state index contributed by atoms with van der Waals surface area (Å²) in [7, 11) is 0. The number of amides is 2. The van der Waals surface area contributed by atoms with E-state index in [0.717, 1.165) is 22.2 Å². The molecule has 1 unspecified atom stereocenters. The molecule has 28 heavy (non-hydrogen) atoms. The first-order valence-corrected chi connectivity index (χ1v) is 9.50. The summed E-state index contributed by atoms with van der Waals surface area (Å²) in [4.78, 5) is 28.9. The number of aromatic nitrogens is 1. The van der Waals surface area contributed by atoms with E-state index in [4.69, 9.17) is 4.98 Å². The van der Waals surface area contributed by atoms with Crippen molar-refractivity contribution in [1.82, 2.24) is 15.6 Å². The molecule has 3 aromatic rings. The second kappa shape index (κ2) is 7.08. The van der Waals surface area contributed by atoms with Gasteiger partial charge in [0.05, 0.1) is 11.2 Å². The number of nitrogens with one attached hydrogen (secondary N) is 2. The number of rotatable bonds is 3. The SMILES string of the molecule is Cc1ccc2c(C)cc(-c3ccc(C(=O)NC4CCNC4=O)cc3)nc2c1C. The van der Waals surface area contributed by atoms with Gasteiger partial charge in [-0.3, -0.25) is 9.59 Å². The molecule has 5 nitrogen and oxygen atoms in total. The van der Waals surface area contributed by atoms with Crippen molar-refractivity contribution in [3.63, 3.8) is 0 Å². The smallest absolute Gasteiger partial charge is 0.251 e. The lowest BCUT2D eigenvalue weighted by Crippen LogP contribution is -2.40. The minimum Gasteiger partial charge on any atom is -0.354 e. The van der Waals surface area contributed by atoms with Gasteiger partial charge >= 0.3 is 0 Å². The summed E-state index contributed by atoms with van der Waals surface area (Å²) >= 11 is 0. The zero-order valence-electron chi connectivity index (χ0n) is 16.3. The molecule has 1 atom stereocenters. The number of hydrogen-bond acceptors (Lipinski definition) is 3. The minimum absolute atomic E-state index is 0.119. The maximum atomic E-state index is 12.4. The van der Waals surface area contributed by atoms with Gasteiger partial charge < -0.3 is 10.6 Å². The maximum Gasteiger partial charge on any atom is 0.251 e. The molecule has 0 aliphatic carbocycles. The van der Waals surface area contributed by atoms with Crippen molar-refractivity contribution in [2.75, 3.05) is 6.54 Å². The number of hydrogen-bond donors (Lipinski definition) is 2. The number of fused-ring (bicyclic) bond motifs is 1. The predicted molar refractivity (Wildman–Crippen MR) is 110 cm³/mol. The summed E-state index contributed by atoms with van der Waals surface area (Å²) < 4.78 is 0. The molecule has 0 radical (unpaired) electrons. The lowest BCUT2D eigenvalue weighted by atomic mass is 9.99. The van der Waals surface area contributed by atoms with Gasteiger partial charge in [0, 0.05) is 23.1 Å². The zero-order chi connectivity index (χ0) is 19.8. The zero-order valence-corrected chi connectivity index (χ0v) is 16.3. The van der Waals surface area contributed by atoms with Crippen molar-refractivity contribution < 1.29 is 9.59 Å². The third kappa shape index (κ3) is 3.24. The number of pyridine rings is 1. The Hall–Kier alpha value is -3.21. The van der Waals surface area contributed by atoms with Crippen molar-refractivity contribution in [2.24, 2.45) is 0 Å². The van der Waals surface area contributed by atoms with E-state index in [9.17, 15) is 9.59 Å². The fraction of sp³-hybridized carbons (Fsp3) is 0.261. The Labute approximate surface area is 164 Å². The van der Waals surface area contributed by atoms with Crippen LogP contribution in [0.5, 0.6) is 0 Å². The molecule has 0 spiro atoms. The van der Waals surface area contributed by atoms with Crippen LogP contribution < -0.4 is 10.6 Å². The summed E-state index contributed by atoms with van der Waals surface area (Å²) in [6.07, 6.45) is 0.627. The average molecular weight is 373 g/mol. The van der Waals surface area contributed by atoms with Crippen LogP contribution in [-0.4, -0.2) is 29.4 Å². The fourth-order valence-electron chi connectivity index (χ4n) is 3.61. The van der Waals surface area contributed by atoms with Crippen LogP contribution in [0, 0.1) is 20.8 Å². The van der Waals surface area contributed by atoms with Crippen molar-refractivity contribution in [3.8, 4) is 11.3 Å². The van der Waals surface area contributed by atoms with Crippen LogP contribution in [0.2, 0.25) is 0 Å². The average Bonchev–Trinajstić information content (AvgIpc) is 3.09. The molecule has 2 amide bonds. The molecule has 2 aromatic carbocycles. The third-order valence-corrected chi connectivity index (χ3v) is 5.51. The standard InChI is InChI=1S/C23H23N3O2/c1-13-4-9-18-14(2)12-20(25-21(18)15(13)3)16-5-7-17(8-6-16)22(27)26-19-10-11-24-23(19)28/h4-9,12,19H,10-11H2,1-3H3,(H,24,28)(H,26,27). The van der Waals surface area contributed by atoms with E-state index in [2.05, 4.69) is 49.6 Å². The highest BCUT2D eigenvalue weighted by molar-refractivity contribution is 5.98. The summed E-state index contributed by atoms with van der Waals surface area (Å²) in [5, 5.41) is 6.67. The van der Waals surface area contributed by atoms with E-state index >= 15 is 0 Å². The second-order valence-corrected chi connectivity index (χ2v) is 7.41. The van der Waals surface area contributed by atoms with Gasteiger partial charge in [-0.25, -0.2) is 4.98 Å². The van der Waals surface area contributed by atoms with Crippen LogP contribution in [0.15, 0.2) is 42.5 Å². The highest BCUT2D eigenvalue weighted by Gasteiger charge is 2.25. The number of aryl methyl sites for hydroxylation is 3. The lowest BCUT2D eigenvalue weighted by Gasteiger charge is -2.12. The highest BCUT2D eigenvalue weighted by Crippen LogP contribution is 2.28. The van der Waals surface area contributed by atoms with Crippen LogP contribution in [0.4, 0.5) is 0 Å². The first kappa shape index (κ1) is 18.2. The van der Waals surface area contributed by atoms with Gasteiger partial charge in [-0.1, -0.05) is 24.3 Å². The van der Waals surface area contributed by atoms with E-state index in [1.165, 1.54) is 16.7 Å². The Kier molecular flexibility index (Phi) is 4.59. The van der Waals surface area contributed by atoms with E-state index in [1.54, 1.807) is 12.1 Å². The van der Waals surface area contributed by atoms with Crippen molar-refractivity contribution in [3.05, 3.63) is 64.7 Å². The molecular formula is C23H23N3O2. The van der Waals surface area contributed by atoms with Gasteiger partial charge in [-0.05, 0) is 62.1 Å². The normalized spacial score (nSPS) is 16.2. The topological polar surface area (TPSA) is 71.1 Å². The molecule has 4 rings (SSSR count). The highest BCUT2D eigenvalue weighted by atomic mass is 16.2. The Morgan fingerprint density at radius 2 is 1.82 bits per heavy atom. The molecule has 2 N–H and O–H groups in total. The minimum atomic E-state index is -0.441. The first-order valence-electron chi connectivity index (χ1n) is 9.50. The summed E-state index contributed by atoms with van der Waals surface area (Å²) in [5.74, 6) is -0.353. The summed E-state index contributed by atoms with van der Waals surface area (Å²) in [5.41, 5.74) is 6.99. The number of carbonyl (C=O) groups excluding carboxylic acids is 2. The molecule has 0 bridgehead atoms. The second-order valence-electron chi connectivity index (χ2n) is 7.41. The van der Waals surface area contributed by atoms with Gasteiger partial charge in [0.25, 0.3) is 5.91 Å². The van der Waals surface area contributed by atoms with Gasteiger partial charge in [0.15, 0.2) is 0 Å². The molecule has 1 aliphatic heterocycles. The molecule has 0 saturated carbocycles. The fourth-order valence-corrected chi connectivity index (χ4v) is 3.61. The van der Waals surface area contributed by atoms with Gasteiger partial charge in [0.2, 0.25) is 5.91 Å². The molecule has 142 valence electrons. The van der Waals surface area contributed by atoms with Crippen LogP contribution in [0.25, 0.3) is 22.2 Å². The van der Waals surface area contributed by atoms with Crippen LogP contribution in [0.3, 0.4) is 0 Å². The third-order valence-electron chi connectivity index (χ3n) is 5.51. The van der Waals surface area contributed by atoms with Crippen LogP contribution >= 0.6 is 0 Å². The number of nitrogens with zero attached hydrogens (tertiary/aromatic N) is 1. The van der Waals surface area contributed by atoms with Crippen LogP contribution in [-0.2, 0) is 4.79 Å². The van der Waals surface area contributed by atoms with E-state index in [1.807, 2.05) is 12.1 Å². The number of benzene rings is 2. The lowest BCUT2D eigenvalue weighted by molar-refractivity contribution is -0.120. The monoisotopic (exact) mass is 373 g/mol. The van der Waals surface area contributed by atoms with Gasteiger partial charge in [-0.15, -0.1) is 0 Å². The van der Waals surface area contributed by atoms with Gasteiger partial charge in [-0.2, -0.15) is 0 Å². The Bertz CT molecular complexity index is 1090. The quantitative estimate of drug-likeness (QED) is 0.739. The van der Waals surface area contributed by atoms with Crippen molar-refractivity contribution in [1.29, 1.82) is 0 Å². The van der Waals surface area contributed by atoms with E-state index in [-0.39, 0.29) is 11.8 Å². The first-order chi connectivity index (χ1) is 13.4. The summed E-state index contributed by atoms with van der Waals surface area (Å²) in [6.45, 7) is 6.89. The largest absolute Gasteiger partial charge is 0.354 e. The molecular weight excluding hydrogens is 350 g/mol. The molecule has 1 saturated heterocycles. The van der Waals surface area contributed by atoms with Gasteiger partial charge in [0.1, 0.15) is 6.04 Å². The Morgan fingerprint density at radius 1 is 1.07 bits per heavy atom. The molecule has 2 heterocycles. The van der Waals surface area contributed by atoms with Crippen molar-refractivity contribution >= 4 is 22.7 Å². The predicted octanol–water partition coefficient (Wildman–Crippen LogP) is 3.45. The molecule has 1 aromatic heterocycles. The number of carbonyl (C=O) groups is 2.